The maximum atomic E-state index is 9.46. The van der Waals surface area contributed by atoms with E-state index < -0.39 is 0 Å². The quantitative estimate of drug-likeness (QED) is 0.626. The van der Waals surface area contributed by atoms with E-state index in [1.807, 2.05) is 6.92 Å². The molecule has 0 radical (unpaired) electrons. The van der Waals surface area contributed by atoms with E-state index >= 15 is 0 Å². The minimum absolute atomic E-state index is 0.145. The second-order valence-electron chi connectivity index (χ2n) is 3.59. The van der Waals surface area contributed by atoms with Crippen molar-refractivity contribution in [3.8, 4) is 11.8 Å². The predicted molar refractivity (Wildman–Crippen MR) is 52.8 cm³/mol. The summed E-state index contributed by atoms with van der Waals surface area (Å²) >= 11 is 0. The molecule has 0 heterocycles. The fourth-order valence-corrected chi connectivity index (χ4v) is 1.03. The third kappa shape index (κ3) is 7.63. The third-order valence-electron chi connectivity index (χ3n) is 1.86. The largest absolute Gasteiger partial charge is 0.393 e. The normalized spacial score (nSPS) is 12.4. The molecular formula is C11H20O. The second-order valence-corrected chi connectivity index (χ2v) is 3.59. The molecule has 0 fully saturated rings. The number of rotatable bonds is 5. The Balaban J connectivity index is 3.31. The van der Waals surface area contributed by atoms with Crippen molar-refractivity contribution in [3.63, 3.8) is 0 Å². The van der Waals surface area contributed by atoms with Gasteiger partial charge in [0.25, 0.3) is 0 Å². The maximum Gasteiger partial charge on any atom is 0.0549 e. The summed E-state index contributed by atoms with van der Waals surface area (Å²) < 4.78 is 0. The molecule has 70 valence electrons. The molecule has 0 bridgehead atoms. The molecule has 0 saturated carbocycles. The van der Waals surface area contributed by atoms with E-state index in [4.69, 9.17) is 0 Å². The molecule has 0 aromatic rings. The first-order valence-corrected chi connectivity index (χ1v) is 4.74. The Morgan fingerprint density at radius 1 is 1.17 bits per heavy atom. The summed E-state index contributed by atoms with van der Waals surface area (Å²) in [6, 6.07) is 0. The molecule has 0 spiro atoms. The van der Waals surface area contributed by atoms with Crippen LogP contribution in [-0.4, -0.2) is 11.2 Å². The molecule has 0 rings (SSSR count). The Labute approximate surface area is 76.2 Å². The molecule has 1 atom stereocenters. The van der Waals surface area contributed by atoms with Crippen LogP contribution < -0.4 is 0 Å². The van der Waals surface area contributed by atoms with Gasteiger partial charge in [-0.2, -0.15) is 0 Å². The molecule has 1 N–H and O–H groups in total. The molecule has 0 aromatic carbocycles. The number of hydrogen-bond acceptors (Lipinski definition) is 1. The first-order valence-electron chi connectivity index (χ1n) is 4.74. The van der Waals surface area contributed by atoms with Crippen LogP contribution in [0.4, 0.5) is 0 Å². The molecule has 0 aliphatic rings. The summed E-state index contributed by atoms with van der Waals surface area (Å²) in [7, 11) is 0. The summed E-state index contributed by atoms with van der Waals surface area (Å²) in [5.74, 6) is 6.48. The van der Waals surface area contributed by atoms with Crippen LogP contribution in [0.1, 0.15) is 46.5 Å². The Morgan fingerprint density at radius 2 is 1.83 bits per heavy atom. The lowest BCUT2D eigenvalue weighted by molar-refractivity contribution is 0.149. The molecule has 0 aromatic heterocycles. The van der Waals surface area contributed by atoms with Gasteiger partial charge in [0.1, 0.15) is 0 Å². The van der Waals surface area contributed by atoms with Crippen LogP contribution in [0.2, 0.25) is 0 Å². The Kier molecular flexibility index (Phi) is 6.90. The number of hydrogen-bond donors (Lipinski definition) is 1. The minimum atomic E-state index is -0.145. The van der Waals surface area contributed by atoms with Crippen LogP contribution in [0.3, 0.4) is 0 Å². The van der Waals surface area contributed by atoms with E-state index in [-0.39, 0.29) is 6.10 Å². The monoisotopic (exact) mass is 168 g/mol. The van der Waals surface area contributed by atoms with Crippen molar-refractivity contribution in [2.45, 2.75) is 52.6 Å². The first-order chi connectivity index (χ1) is 5.66. The average molecular weight is 168 g/mol. The Bertz CT molecular complexity index is 150. The van der Waals surface area contributed by atoms with E-state index in [9.17, 15) is 5.11 Å². The number of aliphatic hydroxyl groups excluding tert-OH is 1. The van der Waals surface area contributed by atoms with Gasteiger partial charge in [-0.05, 0) is 32.1 Å². The molecule has 1 nitrogen and oxygen atoms in total. The van der Waals surface area contributed by atoms with Gasteiger partial charge in [0, 0.05) is 6.42 Å². The highest BCUT2D eigenvalue weighted by atomic mass is 16.3. The fraction of sp³-hybridized carbons (Fsp3) is 0.818. The van der Waals surface area contributed by atoms with Gasteiger partial charge in [-0.1, -0.05) is 13.8 Å². The highest BCUT2D eigenvalue weighted by Crippen LogP contribution is 2.09. The fourth-order valence-electron chi connectivity index (χ4n) is 1.03. The lowest BCUT2D eigenvalue weighted by Gasteiger charge is -2.09. The molecule has 0 aliphatic carbocycles. The average Bonchev–Trinajstić information content (AvgIpc) is 2.01. The van der Waals surface area contributed by atoms with Gasteiger partial charge in [0.05, 0.1) is 6.10 Å². The van der Waals surface area contributed by atoms with E-state index in [1.54, 1.807) is 0 Å². The van der Waals surface area contributed by atoms with Crippen molar-refractivity contribution in [2.24, 2.45) is 5.92 Å². The SMILES string of the molecule is CC#CCCC(O)CCC(C)C. The number of aliphatic hydroxyl groups is 1. The van der Waals surface area contributed by atoms with Gasteiger partial charge in [0.15, 0.2) is 0 Å². The topological polar surface area (TPSA) is 20.2 Å². The van der Waals surface area contributed by atoms with Gasteiger partial charge >= 0.3 is 0 Å². The molecule has 1 unspecified atom stereocenters. The van der Waals surface area contributed by atoms with E-state index in [1.165, 1.54) is 0 Å². The summed E-state index contributed by atoms with van der Waals surface area (Å²) in [5.41, 5.74) is 0. The Hall–Kier alpha value is -0.480. The van der Waals surface area contributed by atoms with E-state index in [2.05, 4.69) is 25.7 Å². The van der Waals surface area contributed by atoms with Crippen molar-refractivity contribution in [1.29, 1.82) is 0 Å². The molecule has 0 aliphatic heterocycles. The summed E-state index contributed by atoms with van der Waals surface area (Å²) in [6.07, 6.45) is 3.54. The van der Waals surface area contributed by atoms with Gasteiger partial charge in [-0.3, -0.25) is 0 Å². The van der Waals surface area contributed by atoms with Gasteiger partial charge in [-0.25, -0.2) is 0 Å². The third-order valence-corrected chi connectivity index (χ3v) is 1.86. The Morgan fingerprint density at radius 3 is 2.33 bits per heavy atom. The second kappa shape index (κ2) is 7.18. The molecule has 0 amide bonds. The molecule has 1 heteroatoms. The summed E-state index contributed by atoms with van der Waals surface area (Å²) in [6.45, 7) is 6.19. The van der Waals surface area contributed by atoms with Crippen LogP contribution in [-0.2, 0) is 0 Å². The van der Waals surface area contributed by atoms with Crippen molar-refractivity contribution < 1.29 is 5.11 Å². The lowest BCUT2D eigenvalue weighted by atomic mass is 10.0. The molecular weight excluding hydrogens is 148 g/mol. The first kappa shape index (κ1) is 11.5. The van der Waals surface area contributed by atoms with Crippen molar-refractivity contribution in [1.82, 2.24) is 0 Å². The summed E-state index contributed by atoms with van der Waals surface area (Å²) in [5, 5.41) is 9.46. The smallest absolute Gasteiger partial charge is 0.0549 e. The maximum absolute atomic E-state index is 9.46. The minimum Gasteiger partial charge on any atom is -0.393 e. The van der Waals surface area contributed by atoms with Crippen LogP contribution >= 0.6 is 0 Å². The molecule has 0 saturated heterocycles. The van der Waals surface area contributed by atoms with Crippen LogP contribution in [0.25, 0.3) is 0 Å². The highest BCUT2D eigenvalue weighted by Gasteiger charge is 2.03. The van der Waals surface area contributed by atoms with E-state index in [0.717, 1.165) is 25.7 Å². The van der Waals surface area contributed by atoms with Crippen LogP contribution in [0.15, 0.2) is 0 Å². The van der Waals surface area contributed by atoms with Crippen molar-refractivity contribution in [3.05, 3.63) is 0 Å². The zero-order valence-electron chi connectivity index (χ0n) is 8.43. The predicted octanol–water partition coefficient (Wildman–Crippen LogP) is 2.59. The van der Waals surface area contributed by atoms with E-state index in [0.29, 0.717) is 5.92 Å². The van der Waals surface area contributed by atoms with Crippen LogP contribution in [0.5, 0.6) is 0 Å². The van der Waals surface area contributed by atoms with Crippen molar-refractivity contribution >= 4 is 0 Å². The van der Waals surface area contributed by atoms with Gasteiger partial charge < -0.3 is 5.11 Å². The highest BCUT2D eigenvalue weighted by molar-refractivity contribution is 4.94. The lowest BCUT2D eigenvalue weighted by Crippen LogP contribution is -2.07. The van der Waals surface area contributed by atoms with Crippen LogP contribution in [0, 0.1) is 17.8 Å². The standard InChI is InChI=1S/C11H20O/c1-4-5-6-7-11(12)9-8-10(2)3/h10-12H,6-9H2,1-3H3. The van der Waals surface area contributed by atoms with Gasteiger partial charge in [0.2, 0.25) is 0 Å². The molecule has 12 heavy (non-hydrogen) atoms. The summed E-state index contributed by atoms with van der Waals surface area (Å²) in [4.78, 5) is 0. The van der Waals surface area contributed by atoms with Crippen molar-refractivity contribution in [2.75, 3.05) is 0 Å². The zero-order chi connectivity index (χ0) is 9.40. The van der Waals surface area contributed by atoms with Gasteiger partial charge in [-0.15, -0.1) is 11.8 Å². The zero-order valence-corrected chi connectivity index (χ0v) is 8.43.